The van der Waals surface area contributed by atoms with E-state index < -0.39 is 0 Å². The predicted molar refractivity (Wildman–Crippen MR) is 70.3 cm³/mol. The normalized spacial score (nSPS) is 19.5. The molecule has 0 spiro atoms. The Morgan fingerprint density at radius 3 is 2.83 bits per heavy atom. The van der Waals surface area contributed by atoms with Crippen LogP contribution in [-0.4, -0.2) is 29.8 Å². The highest BCUT2D eigenvalue weighted by atomic mass is 35.5. The molecular formula is C13H19ClN2O2. The minimum Gasteiger partial charge on any atom is -0.477 e. The summed E-state index contributed by atoms with van der Waals surface area (Å²) in [6.45, 7) is 8.19. The van der Waals surface area contributed by atoms with E-state index in [0.29, 0.717) is 23.6 Å². The number of ether oxygens (including phenoxy) is 2. The number of halogens is 1. The molecule has 1 unspecified atom stereocenters. The molecule has 1 aromatic heterocycles. The number of nitrogens with zero attached hydrogens (tertiary/aromatic N) is 2. The van der Waals surface area contributed by atoms with Crippen LogP contribution in [0.15, 0.2) is 0 Å². The van der Waals surface area contributed by atoms with Gasteiger partial charge in [-0.1, -0.05) is 25.4 Å². The lowest BCUT2D eigenvalue weighted by molar-refractivity contribution is 0.165. The van der Waals surface area contributed by atoms with Crippen LogP contribution in [0.5, 0.6) is 5.88 Å². The molecule has 1 aromatic rings. The second kappa shape index (κ2) is 5.85. The number of hydrogen-bond donors (Lipinski definition) is 0. The summed E-state index contributed by atoms with van der Waals surface area (Å²) in [7, 11) is 0. The van der Waals surface area contributed by atoms with E-state index in [1.807, 2.05) is 20.8 Å². The van der Waals surface area contributed by atoms with Gasteiger partial charge in [0.2, 0.25) is 5.88 Å². The third-order valence-corrected chi connectivity index (χ3v) is 3.42. The van der Waals surface area contributed by atoms with Gasteiger partial charge in [-0.15, -0.1) is 0 Å². The van der Waals surface area contributed by atoms with Crippen LogP contribution >= 0.6 is 11.6 Å². The zero-order chi connectivity index (χ0) is 13.1. The van der Waals surface area contributed by atoms with E-state index in [2.05, 4.69) is 9.97 Å². The van der Waals surface area contributed by atoms with Gasteiger partial charge in [-0.05, 0) is 13.3 Å². The van der Waals surface area contributed by atoms with Gasteiger partial charge in [-0.3, -0.25) is 0 Å². The van der Waals surface area contributed by atoms with Crippen LogP contribution in [-0.2, 0) is 4.74 Å². The predicted octanol–water partition coefficient (Wildman–Crippen LogP) is 2.98. The lowest BCUT2D eigenvalue weighted by Gasteiger charge is -2.14. The van der Waals surface area contributed by atoms with Gasteiger partial charge >= 0.3 is 0 Å². The maximum atomic E-state index is 6.10. The minimum atomic E-state index is 0.236. The number of rotatable bonds is 4. The maximum Gasteiger partial charge on any atom is 0.221 e. The van der Waals surface area contributed by atoms with Crippen LogP contribution in [0.1, 0.15) is 37.6 Å². The molecule has 1 saturated heterocycles. The highest BCUT2D eigenvalue weighted by Crippen LogP contribution is 2.25. The third-order valence-electron chi connectivity index (χ3n) is 3.06. The highest BCUT2D eigenvalue weighted by molar-refractivity contribution is 6.30. The molecule has 18 heavy (non-hydrogen) atoms. The van der Waals surface area contributed by atoms with Crippen molar-refractivity contribution < 1.29 is 9.47 Å². The molecule has 4 nitrogen and oxygen atoms in total. The SMILES string of the molecule is Cc1c(Cl)nc(C(C)C)nc1OCC1CCOC1. The summed E-state index contributed by atoms with van der Waals surface area (Å²) in [4.78, 5) is 8.70. The van der Waals surface area contributed by atoms with Crippen molar-refractivity contribution in [2.45, 2.75) is 33.1 Å². The first-order valence-electron chi connectivity index (χ1n) is 6.32. The third kappa shape index (κ3) is 3.12. The highest BCUT2D eigenvalue weighted by Gasteiger charge is 2.18. The van der Waals surface area contributed by atoms with Crippen LogP contribution in [0.3, 0.4) is 0 Å². The summed E-state index contributed by atoms with van der Waals surface area (Å²) in [5, 5.41) is 0.478. The van der Waals surface area contributed by atoms with Crippen molar-refractivity contribution in [1.82, 2.24) is 9.97 Å². The van der Waals surface area contributed by atoms with Gasteiger partial charge in [0.05, 0.1) is 13.2 Å². The van der Waals surface area contributed by atoms with E-state index in [0.717, 1.165) is 31.0 Å². The number of hydrogen-bond acceptors (Lipinski definition) is 4. The minimum absolute atomic E-state index is 0.236. The molecule has 0 aromatic carbocycles. The van der Waals surface area contributed by atoms with E-state index in [9.17, 15) is 0 Å². The maximum absolute atomic E-state index is 6.10. The monoisotopic (exact) mass is 270 g/mol. The van der Waals surface area contributed by atoms with Crippen LogP contribution in [0.4, 0.5) is 0 Å². The first-order chi connectivity index (χ1) is 8.58. The Balaban J connectivity index is 2.10. The molecule has 0 saturated carbocycles. The quantitative estimate of drug-likeness (QED) is 0.789. The molecule has 1 aliphatic rings. The molecule has 0 aliphatic carbocycles. The van der Waals surface area contributed by atoms with E-state index in [1.165, 1.54) is 0 Å². The van der Waals surface area contributed by atoms with Crippen LogP contribution in [0.2, 0.25) is 5.15 Å². The average Bonchev–Trinajstić information content (AvgIpc) is 2.83. The molecule has 100 valence electrons. The second-order valence-corrected chi connectivity index (χ2v) is 5.36. The van der Waals surface area contributed by atoms with Crippen molar-refractivity contribution in [3.05, 3.63) is 16.5 Å². The van der Waals surface area contributed by atoms with Crippen molar-refractivity contribution in [2.24, 2.45) is 5.92 Å². The molecule has 0 N–H and O–H groups in total. The molecular weight excluding hydrogens is 252 g/mol. The first-order valence-corrected chi connectivity index (χ1v) is 6.70. The van der Waals surface area contributed by atoms with Gasteiger partial charge in [-0.2, -0.15) is 4.98 Å². The molecule has 1 aliphatic heterocycles. The van der Waals surface area contributed by atoms with Crippen molar-refractivity contribution >= 4 is 11.6 Å². The van der Waals surface area contributed by atoms with Crippen molar-refractivity contribution in [3.8, 4) is 5.88 Å². The largest absolute Gasteiger partial charge is 0.477 e. The van der Waals surface area contributed by atoms with Gasteiger partial charge in [0.1, 0.15) is 11.0 Å². The summed E-state index contributed by atoms with van der Waals surface area (Å²) in [6, 6.07) is 0. The Morgan fingerprint density at radius 2 is 2.22 bits per heavy atom. The fourth-order valence-corrected chi connectivity index (χ4v) is 1.96. The molecule has 0 bridgehead atoms. The Kier molecular flexibility index (Phi) is 4.40. The molecule has 0 amide bonds. The molecule has 2 rings (SSSR count). The summed E-state index contributed by atoms with van der Waals surface area (Å²) in [6.07, 6.45) is 1.05. The smallest absolute Gasteiger partial charge is 0.221 e. The fraction of sp³-hybridized carbons (Fsp3) is 0.692. The summed E-state index contributed by atoms with van der Waals surface area (Å²) in [5.74, 6) is 2.02. The van der Waals surface area contributed by atoms with Gasteiger partial charge in [0.25, 0.3) is 0 Å². The Morgan fingerprint density at radius 1 is 1.44 bits per heavy atom. The lowest BCUT2D eigenvalue weighted by atomic mass is 10.1. The molecule has 1 fully saturated rings. The van der Waals surface area contributed by atoms with E-state index in [1.54, 1.807) is 0 Å². The Labute approximate surface area is 113 Å². The zero-order valence-electron chi connectivity index (χ0n) is 11.1. The standard InChI is InChI=1S/C13H19ClN2O2/c1-8(2)12-15-11(14)9(3)13(16-12)18-7-10-4-5-17-6-10/h8,10H,4-7H2,1-3H3. The van der Waals surface area contributed by atoms with Crippen LogP contribution < -0.4 is 4.74 Å². The van der Waals surface area contributed by atoms with Crippen molar-refractivity contribution in [2.75, 3.05) is 19.8 Å². The summed E-state index contributed by atoms with van der Waals surface area (Å²) < 4.78 is 11.1. The van der Waals surface area contributed by atoms with Crippen molar-refractivity contribution in [3.63, 3.8) is 0 Å². The summed E-state index contributed by atoms with van der Waals surface area (Å²) in [5.41, 5.74) is 0.806. The molecule has 2 heterocycles. The zero-order valence-corrected chi connectivity index (χ0v) is 11.8. The molecule has 0 radical (unpaired) electrons. The van der Waals surface area contributed by atoms with E-state index in [-0.39, 0.29) is 5.92 Å². The Hall–Kier alpha value is -0.870. The van der Waals surface area contributed by atoms with E-state index >= 15 is 0 Å². The fourth-order valence-electron chi connectivity index (χ4n) is 1.80. The van der Waals surface area contributed by atoms with Gasteiger partial charge in [0, 0.05) is 24.0 Å². The lowest BCUT2D eigenvalue weighted by Crippen LogP contribution is -2.14. The van der Waals surface area contributed by atoms with Gasteiger partial charge in [0.15, 0.2) is 0 Å². The topological polar surface area (TPSA) is 44.2 Å². The molecule has 5 heteroatoms. The second-order valence-electron chi connectivity index (χ2n) is 5.00. The van der Waals surface area contributed by atoms with E-state index in [4.69, 9.17) is 21.1 Å². The number of aromatic nitrogens is 2. The first kappa shape index (κ1) is 13.6. The van der Waals surface area contributed by atoms with Gasteiger partial charge < -0.3 is 9.47 Å². The van der Waals surface area contributed by atoms with Crippen molar-refractivity contribution in [1.29, 1.82) is 0 Å². The van der Waals surface area contributed by atoms with Crippen LogP contribution in [0.25, 0.3) is 0 Å². The molecule has 1 atom stereocenters. The summed E-state index contributed by atoms with van der Waals surface area (Å²) >= 11 is 6.10. The van der Waals surface area contributed by atoms with Gasteiger partial charge in [-0.25, -0.2) is 4.98 Å². The van der Waals surface area contributed by atoms with Crippen LogP contribution in [0, 0.1) is 12.8 Å². The average molecular weight is 271 g/mol. The Bertz CT molecular complexity index is 418.